The van der Waals surface area contributed by atoms with Gasteiger partial charge in [-0.1, -0.05) is 45.7 Å². The first-order valence-corrected chi connectivity index (χ1v) is 7.78. The van der Waals surface area contributed by atoms with Crippen molar-refractivity contribution >= 4 is 39.1 Å². The lowest BCUT2D eigenvalue weighted by Crippen LogP contribution is -2.03. The molecule has 1 heterocycles. The van der Waals surface area contributed by atoms with Gasteiger partial charge in [0.05, 0.1) is 18.4 Å². The van der Waals surface area contributed by atoms with Crippen LogP contribution in [0.4, 0.5) is 5.69 Å². The van der Waals surface area contributed by atoms with Crippen LogP contribution in [-0.4, -0.2) is 13.0 Å². The number of halogens is 2. The fraction of sp³-hybridized carbons (Fsp3) is 0.188. The number of carbonyl (C=O) groups excluding carboxylic acids is 1. The maximum absolute atomic E-state index is 11.4. The van der Waals surface area contributed by atoms with E-state index in [2.05, 4.69) is 21.2 Å². The Kier molecular flexibility index (Phi) is 3.91. The topological polar surface area (TPSA) is 38.3 Å². The minimum atomic E-state index is -0.0225. The molecule has 0 bridgehead atoms. The monoisotopic (exact) mass is 365 g/mol. The number of anilines is 1. The molecule has 1 N–H and O–H groups in total. The zero-order valence-corrected chi connectivity index (χ0v) is 13.7. The number of nitrogens with one attached hydrogen (secondary N) is 1. The summed E-state index contributed by atoms with van der Waals surface area (Å²) in [4.78, 5) is 11.4. The molecule has 5 heteroatoms. The third-order valence-corrected chi connectivity index (χ3v) is 4.77. The van der Waals surface area contributed by atoms with Gasteiger partial charge in [-0.05, 0) is 29.3 Å². The number of amides is 1. The van der Waals surface area contributed by atoms with E-state index in [9.17, 15) is 4.79 Å². The second-order valence-corrected chi connectivity index (χ2v) is 6.24. The summed E-state index contributed by atoms with van der Waals surface area (Å²) < 4.78 is 5.40. The van der Waals surface area contributed by atoms with Gasteiger partial charge in [0.25, 0.3) is 0 Å². The largest absolute Gasteiger partial charge is 0.496 e. The molecule has 0 saturated carbocycles. The normalized spacial score (nSPS) is 14.5. The van der Waals surface area contributed by atoms with E-state index in [1.807, 2.05) is 30.3 Å². The van der Waals surface area contributed by atoms with Crippen molar-refractivity contribution in [2.45, 2.75) is 11.2 Å². The van der Waals surface area contributed by atoms with Crippen molar-refractivity contribution in [3.8, 4) is 5.75 Å². The first-order valence-electron chi connectivity index (χ1n) is 6.48. The van der Waals surface area contributed by atoms with Crippen LogP contribution in [0.5, 0.6) is 5.75 Å². The van der Waals surface area contributed by atoms with E-state index >= 15 is 0 Å². The SMILES string of the molecule is COc1cc(Cl)ccc1C(Br)c1ccc2c(c1)CC(=O)N2. The Morgan fingerprint density at radius 1 is 1.29 bits per heavy atom. The lowest BCUT2D eigenvalue weighted by atomic mass is 10.0. The lowest BCUT2D eigenvalue weighted by Gasteiger charge is -2.16. The van der Waals surface area contributed by atoms with Crippen molar-refractivity contribution in [3.05, 3.63) is 58.1 Å². The number of fused-ring (bicyclic) bond motifs is 1. The Labute approximate surface area is 136 Å². The molecular formula is C16H13BrClNO2. The zero-order chi connectivity index (χ0) is 15.0. The standard InChI is InChI=1S/C16H13BrClNO2/c1-21-14-8-11(18)3-4-12(14)16(17)9-2-5-13-10(6-9)7-15(20)19-13/h2-6,8,16H,7H2,1H3,(H,19,20). The molecule has 2 aromatic carbocycles. The maximum atomic E-state index is 11.4. The molecule has 108 valence electrons. The van der Waals surface area contributed by atoms with Crippen LogP contribution in [0.25, 0.3) is 0 Å². The fourth-order valence-corrected chi connectivity index (χ4v) is 3.31. The summed E-state index contributed by atoms with van der Waals surface area (Å²) in [7, 11) is 1.63. The Morgan fingerprint density at radius 2 is 2.10 bits per heavy atom. The van der Waals surface area contributed by atoms with Gasteiger partial charge in [-0.25, -0.2) is 0 Å². The van der Waals surface area contributed by atoms with E-state index in [1.165, 1.54) is 0 Å². The smallest absolute Gasteiger partial charge is 0.228 e. The molecule has 1 aliphatic heterocycles. The molecular weight excluding hydrogens is 354 g/mol. The van der Waals surface area contributed by atoms with Crippen LogP contribution in [0.2, 0.25) is 5.02 Å². The van der Waals surface area contributed by atoms with Crippen LogP contribution >= 0.6 is 27.5 Å². The number of benzene rings is 2. The van der Waals surface area contributed by atoms with Gasteiger partial charge in [0.15, 0.2) is 0 Å². The minimum absolute atomic E-state index is 0.0225. The molecule has 21 heavy (non-hydrogen) atoms. The van der Waals surface area contributed by atoms with Crippen molar-refractivity contribution in [2.24, 2.45) is 0 Å². The summed E-state index contributed by atoms with van der Waals surface area (Å²) in [6.07, 6.45) is 0.431. The summed E-state index contributed by atoms with van der Waals surface area (Å²) in [5, 5.41) is 3.47. The molecule has 0 radical (unpaired) electrons. The predicted octanol–water partition coefficient (Wildman–Crippen LogP) is 4.33. The van der Waals surface area contributed by atoms with Gasteiger partial charge in [-0.3, -0.25) is 4.79 Å². The fourth-order valence-electron chi connectivity index (χ4n) is 2.48. The molecule has 2 aromatic rings. The van der Waals surface area contributed by atoms with E-state index in [1.54, 1.807) is 13.2 Å². The van der Waals surface area contributed by atoms with E-state index < -0.39 is 0 Å². The van der Waals surface area contributed by atoms with Gasteiger partial charge in [-0.2, -0.15) is 0 Å². The molecule has 0 spiro atoms. The average molecular weight is 367 g/mol. The second kappa shape index (κ2) is 5.70. The van der Waals surface area contributed by atoms with Crippen molar-refractivity contribution in [1.29, 1.82) is 0 Å². The summed E-state index contributed by atoms with van der Waals surface area (Å²) in [6.45, 7) is 0. The number of methoxy groups -OCH3 is 1. The van der Waals surface area contributed by atoms with Crippen LogP contribution in [0, 0.1) is 0 Å². The van der Waals surface area contributed by atoms with Gasteiger partial charge < -0.3 is 10.1 Å². The van der Waals surface area contributed by atoms with Crippen LogP contribution in [0.1, 0.15) is 21.5 Å². The molecule has 1 unspecified atom stereocenters. The molecule has 1 aliphatic rings. The summed E-state index contributed by atoms with van der Waals surface area (Å²) >= 11 is 9.70. The van der Waals surface area contributed by atoms with Crippen LogP contribution in [-0.2, 0) is 11.2 Å². The zero-order valence-electron chi connectivity index (χ0n) is 11.3. The Bertz CT molecular complexity index is 717. The van der Waals surface area contributed by atoms with Gasteiger partial charge in [0.1, 0.15) is 5.75 Å². The number of rotatable bonds is 3. The minimum Gasteiger partial charge on any atom is -0.496 e. The highest BCUT2D eigenvalue weighted by molar-refractivity contribution is 9.09. The highest BCUT2D eigenvalue weighted by atomic mass is 79.9. The van der Waals surface area contributed by atoms with Crippen LogP contribution in [0.15, 0.2) is 36.4 Å². The Hall–Kier alpha value is -1.52. The maximum Gasteiger partial charge on any atom is 0.228 e. The van der Waals surface area contributed by atoms with Gasteiger partial charge in [0.2, 0.25) is 5.91 Å². The predicted molar refractivity (Wildman–Crippen MR) is 87.5 cm³/mol. The highest BCUT2D eigenvalue weighted by Gasteiger charge is 2.21. The second-order valence-electron chi connectivity index (χ2n) is 4.89. The summed E-state index contributed by atoms with van der Waals surface area (Å²) in [5.74, 6) is 0.774. The van der Waals surface area contributed by atoms with E-state index in [0.29, 0.717) is 11.4 Å². The van der Waals surface area contributed by atoms with Crippen LogP contribution < -0.4 is 10.1 Å². The molecule has 3 rings (SSSR count). The summed E-state index contributed by atoms with van der Waals surface area (Å²) in [6, 6.07) is 11.6. The lowest BCUT2D eigenvalue weighted by molar-refractivity contribution is -0.115. The number of ether oxygens (including phenoxy) is 1. The van der Waals surface area contributed by atoms with Gasteiger partial charge >= 0.3 is 0 Å². The molecule has 1 atom stereocenters. The Balaban J connectivity index is 1.98. The van der Waals surface area contributed by atoms with Gasteiger partial charge in [-0.15, -0.1) is 0 Å². The van der Waals surface area contributed by atoms with Gasteiger partial charge in [0, 0.05) is 16.3 Å². The van der Waals surface area contributed by atoms with Crippen molar-refractivity contribution in [3.63, 3.8) is 0 Å². The molecule has 1 amide bonds. The summed E-state index contributed by atoms with van der Waals surface area (Å²) in [5.41, 5.74) is 3.99. The Morgan fingerprint density at radius 3 is 2.86 bits per heavy atom. The first-order chi connectivity index (χ1) is 10.1. The van der Waals surface area contributed by atoms with Crippen molar-refractivity contribution < 1.29 is 9.53 Å². The molecule has 3 nitrogen and oxygen atoms in total. The van der Waals surface area contributed by atoms with Crippen molar-refractivity contribution in [2.75, 3.05) is 12.4 Å². The van der Waals surface area contributed by atoms with Crippen LogP contribution in [0.3, 0.4) is 0 Å². The van der Waals surface area contributed by atoms with Crippen molar-refractivity contribution in [1.82, 2.24) is 0 Å². The number of hydrogen-bond acceptors (Lipinski definition) is 2. The van der Waals surface area contributed by atoms with E-state index in [-0.39, 0.29) is 10.7 Å². The average Bonchev–Trinajstić information content (AvgIpc) is 2.85. The van der Waals surface area contributed by atoms with E-state index in [4.69, 9.17) is 16.3 Å². The third-order valence-electron chi connectivity index (χ3n) is 3.52. The molecule has 0 saturated heterocycles. The van der Waals surface area contributed by atoms with E-state index in [0.717, 1.165) is 28.1 Å². The molecule has 0 aliphatic carbocycles. The first kappa shape index (κ1) is 14.4. The molecule has 0 aromatic heterocycles. The third kappa shape index (κ3) is 2.78. The highest BCUT2D eigenvalue weighted by Crippen LogP contribution is 2.39. The number of carbonyl (C=O) groups is 1. The number of alkyl halides is 1. The molecule has 0 fully saturated rings. The quantitative estimate of drug-likeness (QED) is 0.821. The number of hydrogen-bond donors (Lipinski definition) is 1.